The molecule has 2 aliphatic rings. The molecule has 0 saturated heterocycles. The van der Waals surface area contributed by atoms with Crippen molar-refractivity contribution < 1.29 is 9.47 Å². The zero-order valence-corrected chi connectivity index (χ0v) is 26.8. The molecule has 0 bridgehead atoms. The van der Waals surface area contributed by atoms with Crippen LogP contribution in [0.5, 0.6) is 23.0 Å². The van der Waals surface area contributed by atoms with Gasteiger partial charge in [0.15, 0.2) is 0 Å². The maximum Gasteiger partial charge on any atom is 0.135 e. The Morgan fingerprint density at radius 1 is 0.306 bits per heavy atom. The molecule has 228 valence electrons. The molecule has 2 nitrogen and oxygen atoms in total. The van der Waals surface area contributed by atoms with Crippen LogP contribution >= 0.6 is 0 Å². The quantitative estimate of drug-likeness (QED) is 0.178. The second-order valence-corrected chi connectivity index (χ2v) is 13.2. The van der Waals surface area contributed by atoms with Gasteiger partial charge < -0.3 is 9.47 Å². The van der Waals surface area contributed by atoms with Gasteiger partial charge in [-0.05, 0) is 109 Å². The van der Waals surface area contributed by atoms with E-state index in [1.54, 1.807) is 0 Å². The van der Waals surface area contributed by atoms with E-state index in [1.165, 1.54) is 71.3 Å². The number of rotatable bonds is 2. The lowest BCUT2D eigenvalue weighted by molar-refractivity contribution is 0.486. The molecule has 0 fully saturated rings. The fourth-order valence-electron chi connectivity index (χ4n) is 8.46. The van der Waals surface area contributed by atoms with Gasteiger partial charge in [0.2, 0.25) is 0 Å². The van der Waals surface area contributed by atoms with E-state index in [2.05, 4.69) is 153 Å². The summed E-state index contributed by atoms with van der Waals surface area (Å²) in [4.78, 5) is 0. The number of benzene rings is 9. The van der Waals surface area contributed by atoms with Crippen molar-refractivity contribution >= 4 is 43.1 Å². The highest BCUT2D eigenvalue weighted by molar-refractivity contribution is 6.27. The monoisotopic (exact) mass is 624 g/mol. The first-order valence-corrected chi connectivity index (χ1v) is 16.8. The van der Waals surface area contributed by atoms with E-state index < -0.39 is 0 Å². The zero-order chi connectivity index (χ0) is 32.2. The lowest BCUT2D eigenvalue weighted by Crippen LogP contribution is -1.99. The predicted octanol–water partition coefficient (Wildman–Crippen LogP) is 13.5. The SMILES string of the molecule is Cc1ccc2c(c1)Oc1ccc(-c3c4ccccc4c(-c4ccc5c6c(cccc46)Oc4ccccc4-5)c4ccccc34)c3cccc-2c13. The Kier molecular flexibility index (Phi) is 5.34. The Hall–Kier alpha value is -6.38. The second kappa shape index (κ2) is 9.82. The van der Waals surface area contributed by atoms with Gasteiger partial charge in [0.1, 0.15) is 23.0 Å². The molecule has 9 aromatic carbocycles. The number of hydrogen-bond donors (Lipinski definition) is 0. The van der Waals surface area contributed by atoms with Crippen molar-refractivity contribution in [3.8, 4) is 67.5 Å². The van der Waals surface area contributed by atoms with E-state index in [4.69, 9.17) is 9.47 Å². The van der Waals surface area contributed by atoms with Gasteiger partial charge in [-0.2, -0.15) is 0 Å². The van der Waals surface area contributed by atoms with Crippen molar-refractivity contribution in [1.29, 1.82) is 0 Å². The topological polar surface area (TPSA) is 18.5 Å². The summed E-state index contributed by atoms with van der Waals surface area (Å²) in [7, 11) is 0. The highest BCUT2D eigenvalue weighted by Gasteiger charge is 2.26. The first-order chi connectivity index (χ1) is 24.2. The fraction of sp³-hybridized carbons (Fsp3) is 0.0213. The van der Waals surface area contributed by atoms with Crippen LogP contribution in [-0.2, 0) is 0 Å². The third kappa shape index (κ3) is 3.66. The number of para-hydroxylation sites is 1. The molecule has 0 aromatic heterocycles. The van der Waals surface area contributed by atoms with E-state index >= 15 is 0 Å². The summed E-state index contributed by atoms with van der Waals surface area (Å²) in [5.74, 6) is 3.63. The summed E-state index contributed by atoms with van der Waals surface area (Å²) in [5, 5.41) is 9.63. The molecule has 49 heavy (non-hydrogen) atoms. The summed E-state index contributed by atoms with van der Waals surface area (Å²) in [6.07, 6.45) is 0. The first kappa shape index (κ1) is 26.7. The van der Waals surface area contributed by atoms with Gasteiger partial charge in [0, 0.05) is 21.9 Å². The van der Waals surface area contributed by atoms with Gasteiger partial charge in [0.25, 0.3) is 0 Å². The lowest BCUT2D eigenvalue weighted by atomic mass is 9.82. The Balaban J connectivity index is 1.23. The minimum Gasteiger partial charge on any atom is -0.456 e. The van der Waals surface area contributed by atoms with E-state index in [9.17, 15) is 0 Å². The molecule has 0 saturated carbocycles. The van der Waals surface area contributed by atoms with Crippen molar-refractivity contribution in [3.05, 3.63) is 157 Å². The molecule has 0 N–H and O–H groups in total. The molecular weight excluding hydrogens is 597 g/mol. The maximum atomic E-state index is 6.56. The van der Waals surface area contributed by atoms with Crippen LogP contribution in [0.25, 0.3) is 87.6 Å². The third-order valence-electron chi connectivity index (χ3n) is 10.5. The highest BCUT2D eigenvalue weighted by atomic mass is 16.5. The highest BCUT2D eigenvalue weighted by Crippen LogP contribution is 2.53. The normalized spacial score (nSPS) is 12.5. The third-order valence-corrected chi connectivity index (χ3v) is 10.5. The largest absolute Gasteiger partial charge is 0.456 e. The molecule has 0 aliphatic carbocycles. The van der Waals surface area contributed by atoms with Crippen LogP contribution in [0, 0.1) is 6.92 Å². The molecule has 0 spiro atoms. The summed E-state index contributed by atoms with van der Waals surface area (Å²) in [6.45, 7) is 2.11. The average molecular weight is 625 g/mol. The van der Waals surface area contributed by atoms with Crippen molar-refractivity contribution in [2.24, 2.45) is 0 Å². The number of aryl methyl sites for hydroxylation is 1. The van der Waals surface area contributed by atoms with Gasteiger partial charge in [-0.3, -0.25) is 0 Å². The molecule has 0 atom stereocenters. The van der Waals surface area contributed by atoms with Crippen LogP contribution in [-0.4, -0.2) is 0 Å². The van der Waals surface area contributed by atoms with Crippen LogP contribution in [0.1, 0.15) is 5.56 Å². The summed E-state index contributed by atoms with van der Waals surface area (Å²) in [6, 6.07) is 54.8. The molecule has 2 heterocycles. The molecule has 0 radical (unpaired) electrons. The maximum absolute atomic E-state index is 6.56. The molecule has 0 amide bonds. The van der Waals surface area contributed by atoms with Crippen molar-refractivity contribution in [2.75, 3.05) is 0 Å². The molecular formula is C47H28O2. The van der Waals surface area contributed by atoms with Crippen LogP contribution in [0.15, 0.2) is 152 Å². The summed E-state index contributed by atoms with van der Waals surface area (Å²) >= 11 is 0. The summed E-state index contributed by atoms with van der Waals surface area (Å²) < 4.78 is 13.0. The van der Waals surface area contributed by atoms with Crippen molar-refractivity contribution in [2.45, 2.75) is 6.92 Å². The number of ether oxygens (including phenoxy) is 2. The Morgan fingerprint density at radius 2 is 0.735 bits per heavy atom. The van der Waals surface area contributed by atoms with E-state index in [0.29, 0.717) is 0 Å². The van der Waals surface area contributed by atoms with Crippen LogP contribution < -0.4 is 9.47 Å². The van der Waals surface area contributed by atoms with Crippen LogP contribution in [0.4, 0.5) is 0 Å². The van der Waals surface area contributed by atoms with Crippen LogP contribution in [0.3, 0.4) is 0 Å². The van der Waals surface area contributed by atoms with Crippen LogP contribution in [0.2, 0.25) is 0 Å². The Bertz CT molecular complexity index is 2840. The van der Waals surface area contributed by atoms with Crippen molar-refractivity contribution in [1.82, 2.24) is 0 Å². The molecule has 11 rings (SSSR count). The predicted molar refractivity (Wildman–Crippen MR) is 203 cm³/mol. The average Bonchev–Trinajstić information content (AvgIpc) is 3.14. The molecule has 2 aliphatic heterocycles. The number of fused-ring (bicyclic) bond motifs is 6. The Labute approximate surface area is 283 Å². The fourth-order valence-corrected chi connectivity index (χ4v) is 8.46. The zero-order valence-electron chi connectivity index (χ0n) is 26.8. The van der Waals surface area contributed by atoms with Gasteiger partial charge >= 0.3 is 0 Å². The standard InChI is InChI=1S/C47H28O2/c1-27-20-21-29-30-15-8-16-35-39(24-25-42(46(30)35)49-43(29)26-27)45-33-13-4-2-11-31(33)44(32-12-3-5-14-34(32)45)38-23-22-37-28-10-6-7-18-40(28)48-41-19-9-17-36(38)47(37)41/h2-26H,1H3. The van der Waals surface area contributed by atoms with Gasteiger partial charge in [-0.25, -0.2) is 0 Å². The Morgan fingerprint density at radius 3 is 1.43 bits per heavy atom. The van der Waals surface area contributed by atoms with Gasteiger partial charge in [0.05, 0.1) is 0 Å². The summed E-state index contributed by atoms with van der Waals surface area (Å²) in [5.41, 5.74) is 10.8. The smallest absolute Gasteiger partial charge is 0.135 e. The lowest BCUT2D eigenvalue weighted by Gasteiger charge is -2.25. The molecule has 2 heteroatoms. The van der Waals surface area contributed by atoms with Gasteiger partial charge in [-0.1, -0.05) is 121 Å². The second-order valence-electron chi connectivity index (χ2n) is 13.2. The minimum atomic E-state index is 0.903. The molecule has 9 aromatic rings. The van der Waals surface area contributed by atoms with Crippen molar-refractivity contribution in [3.63, 3.8) is 0 Å². The van der Waals surface area contributed by atoms with E-state index in [1.807, 2.05) is 6.07 Å². The minimum absolute atomic E-state index is 0.903. The van der Waals surface area contributed by atoms with Gasteiger partial charge in [-0.15, -0.1) is 0 Å². The number of hydrogen-bond acceptors (Lipinski definition) is 2. The first-order valence-electron chi connectivity index (χ1n) is 16.8. The van der Waals surface area contributed by atoms with E-state index in [-0.39, 0.29) is 0 Å². The van der Waals surface area contributed by atoms with E-state index in [0.717, 1.165) is 44.9 Å². The molecule has 0 unspecified atom stereocenters.